The highest BCUT2D eigenvalue weighted by molar-refractivity contribution is 6.06. The van der Waals surface area contributed by atoms with Crippen LogP contribution in [0.5, 0.6) is 0 Å². The molecule has 5 heteroatoms. The zero-order valence-corrected chi connectivity index (χ0v) is 18.3. The van der Waals surface area contributed by atoms with Gasteiger partial charge in [0.05, 0.1) is 5.52 Å². The lowest BCUT2D eigenvalue weighted by Crippen LogP contribution is -2.18. The summed E-state index contributed by atoms with van der Waals surface area (Å²) in [6, 6.07) is 13.4. The zero-order valence-electron chi connectivity index (χ0n) is 18.3. The lowest BCUT2D eigenvalue weighted by atomic mass is 10.0. The van der Waals surface area contributed by atoms with E-state index >= 15 is 0 Å². The third-order valence-electron chi connectivity index (χ3n) is 6.03. The quantitative estimate of drug-likeness (QED) is 0.595. The van der Waals surface area contributed by atoms with Gasteiger partial charge in [0.1, 0.15) is 5.78 Å². The molecule has 4 rings (SSSR count). The Hall–Kier alpha value is -3.05. The fourth-order valence-corrected chi connectivity index (χ4v) is 4.14. The van der Waals surface area contributed by atoms with Crippen LogP contribution < -0.4 is 5.32 Å². The van der Waals surface area contributed by atoms with Gasteiger partial charge in [-0.15, -0.1) is 0 Å². The van der Waals surface area contributed by atoms with Gasteiger partial charge in [0.2, 0.25) is 0 Å². The molecule has 1 aliphatic heterocycles. The number of ketones is 1. The number of hydrogen-bond acceptors (Lipinski definition) is 4. The minimum absolute atomic E-state index is 0.165. The largest absolute Gasteiger partial charge is 0.322 e. The number of rotatable bonds is 7. The number of anilines is 1. The van der Waals surface area contributed by atoms with Crippen molar-refractivity contribution in [2.75, 3.05) is 18.4 Å². The molecule has 0 radical (unpaired) electrons. The lowest BCUT2D eigenvalue weighted by molar-refractivity contribution is -0.118. The molecule has 2 heterocycles. The van der Waals surface area contributed by atoms with E-state index in [1.54, 1.807) is 12.1 Å². The monoisotopic (exact) mass is 415 g/mol. The number of likely N-dealkylation sites (tertiary alicyclic amines) is 1. The number of carbonyl (C=O) groups excluding carboxylic acids is 2. The molecule has 1 aliphatic rings. The van der Waals surface area contributed by atoms with Gasteiger partial charge in [0, 0.05) is 42.2 Å². The number of aryl methyl sites for hydroxylation is 1. The Bertz CT molecular complexity index is 1100. The molecule has 1 N–H and O–H groups in total. The smallest absolute Gasteiger partial charge is 0.255 e. The normalized spacial score (nSPS) is 14.1. The fraction of sp³-hybridized carbons (Fsp3) is 0.346. The molecule has 0 unspecified atom stereocenters. The van der Waals surface area contributed by atoms with Crippen molar-refractivity contribution in [1.82, 2.24) is 9.88 Å². The number of fused-ring (bicyclic) bond motifs is 1. The SMILES string of the molecule is CCC(=O)Cc1ccc(C(=O)Nc2ccc3cc(CN4CCCC4)cnc3c2C)cc1. The van der Waals surface area contributed by atoms with Crippen molar-refractivity contribution in [2.45, 2.75) is 46.1 Å². The molecule has 0 atom stereocenters. The highest BCUT2D eigenvalue weighted by atomic mass is 16.1. The van der Waals surface area contributed by atoms with E-state index in [1.165, 1.54) is 18.4 Å². The van der Waals surface area contributed by atoms with Crippen molar-refractivity contribution in [3.8, 4) is 0 Å². The van der Waals surface area contributed by atoms with Crippen LogP contribution in [0, 0.1) is 6.92 Å². The maximum absolute atomic E-state index is 12.7. The Morgan fingerprint density at radius 2 is 1.77 bits per heavy atom. The first kappa shape index (κ1) is 21.2. The summed E-state index contributed by atoms with van der Waals surface area (Å²) in [5, 5.41) is 4.10. The van der Waals surface area contributed by atoms with Gasteiger partial charge in [-0.05, 0) is 73.8 Å². The molecule has 1 amide bonds. The van der Waals surface area contributed by atoms with Gasteiger partial charge >= 0.3 is 0 Å². The fourth-order valence-electron chi connectivity index (χ4n) is 4.14. The van der Waals surface area contributed by atoms with Crippen LogP contribution in [0.15, 0.2) is 48.7 Å². The standard InChI is InChI=1S/C26H29N3O2/c1-3-23(30)15-19-6-8-21(9-7-19)26(31)28-24-11-10-22-14-20(16-27-25(22)18(24)2)17-29-12-4-5-13-29/h6-11,14,16H,3-5,12-13,15,17H2,1-2H3,(H,28,31). The second-order valence-corrected chi connectivity index (χ2v) is 8.36. The van der Waals surface area contributed by atoms with Crippen LogP contribution >= 0.6 is 0 Å². The van der Waals surface area contributed by atoms with Crippen molar-refractivity contribution < 1.29 is 9.59 Å². The summed E-state index contributed by atoms with van der Waals surface area (Å²) in [4.78, 5) is 31.5. The van der Waals surface area contributed by atoms with Crippen LogP contribution in [-0.4, -0.2) is 34.7 Å². The molecule has 5 nitrogen and oxygen atoms in total. The van der Waals surface area contributed by atoms with Gasteiger partial charge in [0.15, 0.2) is 0 Å². The number of nitrogens with one attached hydrogen (secondary N) is 1. The minimum atomic E-state index is -0.165. The third-order valence-corrected chi connectivity index (χ3v) is 6.03. The summed E-state index contributed by atoms with van der Waals surface area (Å²) in [7, 11) is 0. The molecule has 1 fully saturated rings. The summed E-state index contributed by atoms with van der Waals surface area (Å²) in [6.45, 7) is 7.12. The molecule has 0 spiro atoms. The van der Waals surface area contributed by atoms with Gasteiger partial charge in [-0.25, -0.2) is 0 Å². The molecule has 3 aromatic rings. The Kier molecular flexibility index (Phi) is 6.42. The van der Waals surface area contributed by atoms with Crippen LogP contribution in [0.25, 0.3) is 10.9 Å². The number of Topliss-reactive ketones (excluding diaryl/α,β-unsaturated/α-hetero) is 1. The van der Waals surface area contributed by atoms with Crippen LogP contribution in [-0.2, 0) is 17.8 Å². The van der Waals surface area contributed by atoms with Gasteiger partial charge in [-0.2, -0.15) is 0 Å². The van der Waals surface area contributed by atoms with Crippen LogP contribution in [0.2, 0.25) is 0 Å². The Morgan fingerprint density at radius 3 is 2.48 bits per heavy atom. The Labute approximate surface area is 183 Å². The second-order valence-electron chi connectivity index (χ2n) is 8.36. The van der Waals surface area contributed by atoms with Crippen molar-refractivity contribution in [3.05, 3.63) is 70.9 Å². The first-order valence-corrected chi connectivity index (χ1v) is 11.1. The highest BCUT2D eigenvalue weighted by Crippen LogP contribution is 2.26. The second kappa shape index (κ2) is 9.40. The minimum Gasteiger partial charge on any atom is -0.322 e. The number of pyridine rings is 1. The van der Waals surface area contributed by atoms with E-state index in [4.69, 9.17) is 4.98 Å². The van der Waals surface area contributed by atoms with Crippen molar-refractivity contribution >= 4 is 28.3 Å². The van der Waals surface area contributed by atoms with Crippen molar-refractivity contribution in [1.29, 1.82) is 0 Å². The third kappa shape index (κ3) is 5.00. The van der Waals surface area contributed by atoms with Gasteiger partial charge in [-0.3, -0.25) is 19.5 Å². The maximum Gasteiger partial charge on any atom is 0.255 e. The number of amides is 1. The van der Waals surface area contributed by atoms with E-state index < -0.39 is 0 Å². The molecular weight excluding hydrogens is 386 g/mol. The molecule has 31 heavy (non-hydrogen) atoms. The summed E-state index contributed by atoms with van der Waals surface area (Å²) in [6.07, 6.45) is 5.45. The van der Waals surface area contributed by atoms with Gasteiger partial charge < -0.3 is 5.32 Å². The van der Waals surface area contributed by atoms with Gasteiger partial charge in [0.25, 0.3) is 5.91 Å². The molecule has 1 aromatic heterocycles. The molecule has 0 aliphatic carbocycles. The van der Waals surface area contributed by atoms with Crippen molar-refractivity contribution in [3.63, 3.8) is 0 Å². The highest BCUT2D eigenvalue weighted by Gasteiger charge is 2.14. The summed E-state index contributed by atoms with van der Waals surface area (Å²) in [5.74, 6) is 0.0292. The summed E-state index contributed by atoms with van der Waals surface area (Å²) in [5.41, 5.74) is 5.37. The van der Waals surface area contributed by atoms with Crippen LogP contribution in [0.1, 0.15) is 53.2 Å². The predicted octanol–water partition coefficient (Wildman–Crippen LogP) is 4.91. The van der Waals surface area contributed by atoms with E-state index in [9.17, 15) is 9.59 Å². The summed E-state index contributed by atoms with van der Waals surface area (Å²) < 4.78 is 0. The van der Waals surface area contributed by atoms with Crippen LogP contribution in [0.3, 0.4) is 0 Å². The number of benzene rings is 2. The number of hydrogen-bond donors (Lipinski definition) is 1. The molecule has 160 valence electrons. The number of nitrogens with zero attached hydrogens (tertiary/aromatic N) is 2. The number of carbonyl (C=O) groups is 2. The van der Waals surface area contributed by atoms with Crippen LogP contribution in [0.4, 0.5) is 5.69 Å². The number of aromatic nitrogens is 1. The molecule has 2 aromatic carbocycles. The van der Waals surface area contributed by atoms with E-state index in [1.807, 2.05) is 44.3 Å². The topological polar surface area (TPSA) is 62.3 Å². The maximum atomic E-state index is 12.7. The Morgan fingerprint density at radius 1 is 1.03 bits per heavy atom. The first-order chi connectivity index (χ1) is 15.0. The molecule has 0 bridgehead atoms. The Balaban J connectivity index is 1.48. The van der Waals surface area contributed by atoms with Gasteiger partial charge in [-0.1, -0.05) is 25.1 Å². The zero-order chi connectivity index (χ0) is 21.8. The molecule has 1 saturated heterocycles. The first-order valence-electron chi connectivity index (χ1n) is 11.1. The average Bonchev–Trinajstić information content (AvgIpc) is 3.29. The summed E-state index contributed by atoms with van der Waals surface area (Å²) >= 11 is 0. The lowest BCUT2D eigenvalue weighted by Gasteiger charge is -2.15. The molecular formula is C26H29N3O2. The van der Waals surface area contributed by atoms with E-state index in [-0.39, 0.29) is 11.7 Å². The van der Waals surface area contributed by atoms with E-state index in [0.717, 1.165) is 47.4 Å². The van der Waals surface area contributed by atoms with E-state index in [0.29, 0.717) is 18.4 Å². The van der Waals surface area contributed by atoms with Crippen molar-refractivity contribution in [2.24, 2.45) is 0 Å². The predicted molar refractivity (Wildman–Crippen MR) is 124 cm³/mol. The van der Waals surface area contributed by atoms with E-state index in [2.05, 4.69) is 16.3 Å². The average molecular weight is 416 g/mol. The molecule has 0 saturated carbocycles.